The van der Waals surface area contributed by atoms with E-state index in [1.807, 2.05) is 20.8 Å². The maximum absolute atomic E-state index is 11.6. The molecule has 0 aliphatic heterocycles. The molecular weight excluding hydrogens is 270 g/mol. The van der Waals surface area contributed by atoms with E-state index >= 15 is 0 Å². The van der Waals surface area contributed by atoms with Gasteiger partial charge in [0, 0.05) is 9.75 Å². The summed E-state index contributed by atoms with van der Waals surface area (Å²) in [5, 5.41) is 11.4. The molecule has 18 heavy (non-hydrogen) atoms. The van der Waals surface area contributed by atoms with E-state index in [0.29, 0.717) is 0 Å². The van der Waals surface area contributed by atoms with Gasteiger partial charge in [-0.05, 0) is 32.4 Å². The Kier molecular flexibility index (Phi) is 5.68. The fraction of sp³-hybridized carbons (Fsp3) is 0.500. The van der Waals surface area contributed by atoms with Crippen LogP contribution in [0.15, 0.2) is 6.07 Å². The molecule has 0 radical (unpaired) electrons. The summed E-state index contributed by atoms with van der Waals surface area (Å²) in [6.45, 7) is 6.02. The lowest BCUT2D eigenvalue weighted by Crippen LogP contribution is -2.28. The largest absolute Gasteiger partial charge is 0.481 e. The van der Waals surface area contributed by atoms with Crippen molar-refractivity contribution in [3.63, 3.8) is 0 Å². The number of aryl methyl sites for hydroxylation is 2. The predicted octanol–water partition coefficient (Wildman–Crippen LogP) is 2.36. The van der Waals surface area contributed by atoms with Crippen molar-refractivity contribution in [1.29, 1.82) is 0 Å². The molecule has 0 aliphatic rings. The van der Waals surface area contributed by atoms with Crippen molar-refractivity contribution in [3.05, 3.63) is 21.4 Å². The Bertz CT molecular complexity index is 443. The van der Waals surface area contributed by atoms with E-state index in [1.165, 1.54) is 9.75 Å². The number of rotatable bonds is 6. The van der Waals surface area contributed by atoms with E-state index in [9.17, 15) is 9.59 Å². The van der Waals surface area contributed by atoms with Crippen LogP contribution in [-0.2, 0) is 9.59 Å². The quantitative estimate of drug-likeness (QED) is 0.843. The molecule has 0 aliphatic carbocycles. The average Bonchev–Trinajstić information content (AvgIpc) is 2.57. The van der Waals surface area contributed by atoms with Gasteiger partial charge in [0.2, 0.25) is 5.91 Å². The normalized spacial score (nSPS) is 12.2. The maximum Gasteiger partial charge on any atom is 0.313 e. The van der Waals surface area contributed by atoms with Gasteiger partial charge in [-0.1, -0.05) is 0 Å². The Labute approximate surface area is 115 Å². The number of hydrogen-bond acceptors (Lipinski definition) is 4. The molecule has 1 atom stereocenters. The number of carbonyl (C=O) groups is 2. The summed E-state index contributed by atoms with van der Waals surface area (Å²) < 4.78 is 0. The SMILES string of the molecule is Cc1cc(C(C)NC(=O)CSCC(=O)O)c(C)s1. The van der Waals surface area contributed by atoms with Gasteiger partial charge in [-0.25, -0.2) is 0 Å². The maximum atomic E-state index is 11.6. The predicted molar refractivity (Wildman–Crippen MR) is 75.3 cm³/mol. The number of carbonyl (C=O) groups excluding carboxylic acids is 1. The third kappa shape index (κ3) is 4.70. The Morgan fingerprint density at radius 3 is 2.61 bits per heavy atom. The van der Waals surface area contributed by atoms with Gasteiger partial charge in [-0.2, -0.15) is 0 Å². The van der Waals surface area contributed by atoms with Crippen molar-refractivity contribution in [2.24, 2.45) is 0 Å². The molecule has 1 amide bonds. The fourth-order valence-corrected chi connectivity index (χ4v) is 3.24. The molecule has 0 saturated carbocycles. The minimum Gasteiger partial charge on any atom is -0.481 e. The molecule has 0 bridgehead atoms. The first-order valence-corrected chi connectivity index (χ1v) is 7.53. The highest BCUT2D eigenvalue weighted by Crippen LogP contribution is 2.26. The summed E-state index contributed by atoms with van der Waals surface area (Å²) in [5.41, 5.74) is 1.13. The van der Waals surface area contributed by atoms with Gasteiger partial charge in [0.05, 0.1) is 17.5 Å². The van der Waals surface area contributed by atoms with Crippen LogP contribution in [0.5, 0.6) is 0 Å². The summed E-state index contributed by atoms with van der Waals surface area (Å²) in [4.78, 5) is 24.4. The molecule has 1 unspecified atom stereocenters. The second-order valence-corrected chi connectivity index (χ2v) is 6.49. The second-order valence-electron chi connectivity index (χ2n) is 4.04. The monoisotopic (exact) mass is 287 g/mol. The number of amides is 1. The highest BCUT2D eigenvalue weighted by Gasteiger charge is 2.14. The lowest BCUT2D eigenvalue weighted by molar-refractivity contribution is -0.133. The standard InChI is InChI=1S/C12H17NO3S2/c1-7-4-10(9(3)18-7)8(2)13-11(14)5-17-6-12(15)16/h4,8H,5-6H2,1-3H3,(H,13,14)(H,15,16). The van der Waals surface area contributed by atoms with E-state index < -0.39 is 5.97 Å². The van der Waals surface area contributed by atoms with Gasteiger partial charge >= 0.3 is 5.97 Å². The minimum atomic E-state index is -0.898. The summed E-state index contributed by atoms with van der Waals surface area (Å²) in [7, 11) is 0. The topological polar surface area (TPSA) is 66.4 Å². The molecule has 1 rings (SSSR count). The van der Waals surface area contributed by atoms with Crippen LogP contribution < -0.4 is 5.32 Å². The summed E-state index contributed by atoms with van der Waals surface area (Å²) in [6.07, 6.45) is 0. The molecule has 0 fully saturated rings. The minimum absolute atomic E-state index is 0.0344. The van der Waals surface area contributed by atoms with Crippen LogP contribution in [-0.4, -0.2) is 28.5 Å². The first kappa shape index (κ1) is 15.0. The lowest BCUT2D eigenvalue weighted by Gasteiger charge is -2.13. The van der Waals surface area contributed by atoms with E-state index in [-0.39, 0.29) is 23.5 Å². The zero-order valence-electron chi connectivity index (χ0n) is 10.6. The zero-order valence-corrected chi connectivity index (χ0v) is 12.3. The van der Waals surface area contributed by atoms with Gasteiger partial charge in [0.15, 0.2) is 0 Å². The number of thioether (sulfide) groups is 1. The molecule has 2 N–H and O–H groups in total. The number of hydrogen-bond donors (Lipinski definition) is 2. The Morgan fingerprint density at radius 1 is 1.44 bits per heavy atom. The Balaban J connectivity index is 2.44. The molecule has 4 nitrogen and oxygen atoms in total. The number of aliphatic carboxylic acids is 1. The summed E-state index contributed by atoms with van der Waals surface area (Å²) in [6, 6.07) is 2.04. The van der Waals surface area contributed by atoms with Crippen molar-refractivity contribution in [3.8, 4) is 0 Å². The summed E-state index contributed by atoms with van der Waals surface area (Å²) in [5.74, 6) is -0.890. The van der Waals surface area contributed by atoms with Crippen LogP contribution in [0, 0.1) is 13.8 Å². The Morgan fingerprint density at radius 2 is 2.11 bits per heavy atom. The van der Waals surface area contributed by atoms with Gasteiger partial charge in [-0.15, -0.1) is 23.1 Å². The summed E-state index contributed by atoms with van der Waals surface area (Å²) >= 11 is 2.82. The molecule has 1 aromatic rings. The molecule has 0 aromatic carbocycles. The third-order valence-corrected chi connectivity index (χ3v) is 4.28. The smallest absolute Gasteiger partial charge is 0.313 e. The fourth-order valence-electron chi connectivity index (χ4n) is 1.67. The van der Waals surface area contributed by atoms with Gasteiger partial charge in [0.25, 0.3) is 0 Å². The average molecular weight is 287 g/mol. The Hall–Kier alpha value is -1.01. The molecule has 0 saturated heterocycles. The van der Waals surface area contributed by atoms with E-state index in [1.54, 1.807) is 11.3 Å². The number of carboxylic acids is 1. The van der Waals surface area contributed by atoms with Crippen molar-refractivity contribution in [1.82, 2.24) is 5.32 Å². The second kappa shape index (κ2) is 6.80. The first-order valence-electron chi connectivity index (χ1n) is 5.56. The first-order chi connectivity index (χ1) is 8.40. The molecular formula is C12H17NO3S2. The van der Waals surface area contributed by atoms with E-state index in [4.69, 9.17) is 5.11 Å². The molecule has 0 spiro atoms. The van der Waals surface area contributed by atoms with Crippen LogP contribution in [0.2, 0.25) is 0 Å². The highest BCUT2D eigenvalue weighted by atomic mass is 32.2. The van der Waals surface area contributed by atoms with Crippen molar-refractivity contribution in [2.75, 3.05) is 11.5 Å². The zero-order chi connectivity index (χ0) is 13.7. The molecule has 100 valence electrons. The van der Waals surface area contributed by atoms with Gasteiger partial charge in [-0.3, -0.25) is 9.59 Å². The molecule has 6 heteroatoms. The number of carboxylic acid groups (broad SMARTS) is 1. The van der Waals surface area contributed by atoms with E-state index in [2.05, 4.69) is 11.4 Å². The van der Waals surface area contributed by atoms with Crippen LogP contribution >= 0.6 is 23.1 Å². The van der Waals surface area contributed by atoms with Gasteiger partial charge < -0.3 is 10.4 Å². The number of thiophene rings is 1. The van der Waals surface area contributed by atoms with Crippen LogP contribution in [0.3, 0.4) is 0 Å². The molecule has 1 heterocycles. The van der Waals surface area contributed by atoms with Crippen LogP contribution in [0.1, 0.15) is 28.3 Å². The van der Waals surface area contributed by atoms with Crippen LogP contribution in [0.25, 0.3) is 0 Å². The van der Waals surface area contributed by atoms with Crippen molar-refractivity contribution in [2.45, 2.75) is 26.8 Å². The highest BCUT2D eigenvalue weighted by molar-refractivity contribution is 8.00. The number of nitrogens with one attached hydrogen (secondary N) is 1. The van der Waals surface area contributed by atoms with Gasteiger partial charge in [0.1, 0.15) is 0 Å². The lowest BCUT2D eigenvalue weighted by atomic mass is 10.1. The third-order valence-electron chi connectivity index (χ3n) is 2.38. The van der Waals surface area contributed by atoms with Crippen molar-refractivity contribution >= 4 is 35.0 Å². The molecule has 1 aromatic heterocycles. The van der Waals surface area contributed by atoms with Crippen molar-refractivity contribution < 1.29 is 14.7 Å². The van der Waals surface area contributed by atoms with Crippen LogP contribution in [0.4, 0.5) is 0 Å². The van der Waals surface area contributed by atoms with E-state index in [0.717, 1.165) is 17.3 Å².